The van der Waals surface area contributed by atoms with E-state index in [0.717, 1.165) is 24.9 Å². The van der Waals surface area contributed by atoms with E-state index >= 15 is 0 Å². The number of anilines is 1. The molecule has 10 heteroatoms. The van der Waals surface area contributed by atoms with Gasteiger partial charge in [0.1, 0.15) is 0 Å². The Morgan fingerprint density at radius 3 is 2.55 bits per heavy atom. The molecule has 2 amide bonds. The first-order chi connectivity index (χ1) is 13.9. The molecule has 1 saturated heterocycles. The van der Waals surface area contributed by atoms with Crippen molar-refractivity contribution >= 4 is 22.0 Å². The fourth-order valence-electron chi connectivity index (χ4n) is 3.19. The third-order valence-electron chi connectivity index (χ3n) is 4.74. The van der Waals surface area contributed by atoms with Crippen LogP contribution in [-0.4, -0.2) is 50.6 Å². The molecule has 29 heavy (non-hydrogen) atoms. The van der Waals surface area contributed by atoms with Crippen molar-refractivity contribution in [3.63, 3.8) is 0 Å². The Morgan fingerprint density at radius 1 is 1.17 bits per heavy atom. The van der Waals surface area contributed by atoms with E-state index in [1.165, 1.54) is 7.05 Å². The van der Waals surface area contributed by atoms with Gasteiger partial charge in [-0.3, -0.25) is 0 Å². The van der Waals surface area contributed by atoms with Crippen molar-refractivity contribution < 1.29 is 13.2 Å². The Labute approximate surface area is 171 Å². The van der Waals surface area contributed by atoms with Gasteiger partial charge in [-0.1, -0.05) is 24.3 Å². The van der Waals surface area contributed by atoms with E-state index in [1.54, 1.807) is 30.6 Å². The Hall–Kier alpha value is -2.72. The lowest BCUT2D eigenvalue weighted by Gasteiger charge is -2.33. The highest BCUT2D eigenvalue weighted by Gasteiger charge is 2.22. The Bertz CT molecular complexity index is 905. The molecule has 2 aromatic rings. The number of sulfonamides is 1. The molecule has 1 aromatic heterocycles. The summed E-state index contributed by atoms with van der Waals surface area (Å²) in [6.45, 7) is 1.91. The monoisotopic (exact) mass is 418 g/mol. The van der Waals surface area contributed by atoms with Crippen molar-refractivity contribution in [2.24, 2.45) is 0 Å². The van der Waals surface area contributed by atoms with Crippen LogP contribution in [0.5, 0.6) is 0 Å². The minimum Gasteiger partial charge on any atom is -0.339 e. The molecule has 3 rings (SSSR count). The molecular weight excluding hydrogens is 392 g/mol. The lowest BCUT2D eigenvalue weighted by Crippen LogP contribution is -2.50. The number of amides is 2. The standard InChI is InChI=1S/C19H26N6O3S/c1-20-29(27,28)14-16-7-5-15(6-8-16)12-23-19(26)24-17-4-2-11-25(13-17)18-21-9-3-10-22-18/h3,5-10,17,20H,2,4,11-14H2,1H3,(H2,23,24,26). The summed E-state index contributed by atoms with van der Waals surface area (Å²) < 4.78 is 25.5. The number of nitrogens with one attached hydrogen (secondary N) is 3. The third kappa shape index (κ3) is 6.40. The Kier molecular flexibility index (Phi) is 6.99. The van der Waals surface area contributed by atoms with Crippen molar-refractivity contribution in [2.45, 2.75) is 31.2 Å². The second-order valence-corrected chi connectivity index (χ2v) is 8.87. The SMILES string of the molecule is CNS(=O)(=O)Cc1ccc(CNC(=O)NC2CCCN(c3ncccn3)C2)cc1. The van der Waals surface area contributed by atoms with Crippen molar-refractivity contribution in [3.8, 4) is 0 Å². The van der Waals surface area contributed by atoms with Crippen LogP contribution in [0.2, 0.25) is 0 Å². The van der Waals surface area contributed by atoms with E-state index < -0.39 is 10.0 Å². The van der Waals surface area contributed by atoms with Gasteiger partial charge in [-0.25, -0.2) is 27.9 Å². The summed E-state index contributed by atoms with van der Waals surface area (Å²) in [4.78, 5) is 22.9. The van der Waals surface area contributed by atoms with Crippen LogP contribution in [0, 0.1) is 0 Å². The van der Waals surface area contributed by atoms with Crippen molar-refractivity contribution in [1.29, 1.82) is 0 Å². The van der Waals surface area contributed by atoms with Crippen LogP contribution in [0.25, 0.3) is 0 Å². The number of hydrogen-bond donors (Lipinski definition) is 3. The number of nitrogens with zero attached hydrogens (tertiary/aromatic N) is 3. The molecule has 156 valence electrons. The minimum absolute atomic E-state index is 0.0293. The molecule has 0 saturated carbocycles. The Balaban J connectivity index is 1.46. The molecule has 1 atom stereocenters. The number of rotatable bonds is 7. The molecule has 0 spiro atoms. The number of aromatic nitrogens is 2. The van der Waals surface area contributed by atoms with Gasteiger partial charge in [0, 0.05) is 38.1 Å². The number of benzene rings is 1. The lowest BCUT2D eigenvalue weighted by molar-refractivity contribution is 0.234. The number of hydrogen-bond acceptors (Lipinski definition) is 6. The fourth-order valence-corrected chi connectivity index (χ4v) is 3.97. The summed E-state index contributed by atoms with van der Waals surface area (Å²) in [6, 6.07) is 8.72. The molecule has 1 aliphatic rings. The number of carbonyl (C=O) groups excluding carboxylic acids is 1. The summed E-state index contributed by atoms with van der Waals surface area (Å²) >= 11 is 0. The molecule has 3 N–H and O–H groups in total. The van der Waals surface area contributed by atoms with E-state index in [-0.39, 0.29) is 17.8 Å². The quantitative estimate of drug-likeness (QED) is 0.618. The molecule has 0 radical (unpaired) electrons. The zero-order valence-electron chi connectivity index (χ0n) is 16.3. The predicted molar refractivity (Wildman–Crippen MR) is 111 cm³/mol. The van der Waals surface area contributed by atoms with E-state index in [1.807, 2.05) is 12.1 Å². The van der Waals surface area contributed by atoms with Crippen LogP contribution in [0.15, 0.2) is 42.7 Å². The summed E-state index contributed by atoms with van der Waals surface area (Å²) in [7, 11) is -1.90. The average Bonchev–Trinajstić information content (AvgIpc) is 2.74. The van der Waals surface area contributed by atoms with Gasteiger partial charge in [0.05, 0.1) is 5.75 Å². The molecule has 1 fully saturated rings. The molecule has 0 bridgehead atoms. The molecule has 1 unspecified atom stereocenters. The first-order valence-corrected chi connectivity index (χ1v) is 11.2. The van der Waals surface area contributed by atoms with Gasteiger partial charge in [0.25, 0.3) is 0 Å². The van der Waals surface area contributed by atoms with Gasteiger partial charge in [-0.2, -0.15) is 0 Å². The first kappa shape index (κ1) is 21.0. The second-order valence-electron chi connectivity index (χ2n) is 6.94. The summed E-state index contributed by atoms with van der Waals surface area (Å²) in [5, 5.41) is 5.85. The number of carbonyl (C=O) groups is 1. The van der Waals surface area contributed by atoms with Crippen molar-refractivity contribution in [2.75, 3.05) is 25.0 Å². The highest BCUT2D eigenvalue weighted by Crippen LogP contribution is 2.15. The summed E-state index contributed by atoms with van der Waals surface area (Å²) in [5.74, 6) is 0.612. The maximum atomic E-state index is 12.3. The Morgan fingerprint density at radius 2 is 1.86 bits per heavy atom. The zero-order valence-corrected chi connectivity index (χ0v) is 17.2. The number of urea groups is 1. The van der Waals surface area contributed by atoms with Gasteiger partial charge in [-0.15, -0.1) is 0 Å². The van der Waals surface area contributed by atoms with Gasteiger partial charge in [-0.05, 0) is 37.1 Å². The summed E-state index contributed by atoms with van der Waals surface area (Å²) in [5.41, 5.74) is 1.59. The molecule has 1 aliphatic heterocycles. The van der Waals surface area contributed by atoms with E-state index in [4.69, 9.17) is 0 Å². The van der Waals surface area contributed by atoms with E-state index in [0.29, 0.717) is 24.6 Å². The smallest absolute Gasteiger partial charge is 0.315 e. The van der Waals surface area contributed by atoms with Crippen LogP contribution in [0.4, 0.5) is 10.7 Å². The highest BCUT2D eigenvalue weighted by molar-refractivity contribution is 7.88. The summed E-state index contributed by atoms with van der Waals surface area (Å²) in [6.07, 6.45) is 5.29. The van der Waals surface area contributed by atoms with Crippen LogP contribution >= 0.6 is 0 Å². The van der Waals surface area contributed by atoms with Crippen LogP contribution in [0.3, 0.4) is 0 Å². The largest absolute Gasteiger partial charge is 0.339 e. The van der Waals surface area contributed by atoms with Gasteiger partial charge in [0.2, 0.25) is 16.0 Å². The van der Waals surface area contributed by atoms with Gasteiger partial charge < -0.3 is 15.5 Å². The fraction of sp³-hybridized carbons (Fsp3) is 0.421. The van der Waals surface area contributed by atoms with Crippen LogP contribution < -0.4 is 20.3 Å². The molecule has 0 aliphatic carbocycles. The zero-order chi connectivity index (χ0) is 20.7. The topological polar surface area (TPSA) is 116 Å². The predicted octanol–water partition coefficient (Wildman–Crippen LogP) is 0.994. The minimum atomic E-state index is -3.29. The van der Waals surface area contributed by atoms with Crippen LogP contribution in [-0.2, 0) is 22.3 Å². The lowest BCUT2D eigenvalue weighted by atomic mass is 10.1. The van der Waals surface area contributed by atoms with Crippen LogP contribution in [0.1, 0.15) is 24.0 Å². The first-order valence-electron chi connectivity index (χ1n) is 9.50. The average molecular weight is 419 g/mol. The molecule has 9 nitrogen and oxygen atoms in total. The molecule has 2 heterocycles. The third-order valence-corrected chi connectivity index (χ3v) is 6.07. The van der Waals surface area contributed by atoms with Gasteiger partial charge >= 0.3 is 6.03 Å². The van der Waals surface area contributed by atoms with Crippen molar-refractivity contribution in [1.82, 2.24) is 25.3 Å². The molecule has 1 aromatic carbocycles. The van der Waals surface area contributed by atoms with Crippen molar-refractivity contribution in [3.05, 3.63) is 53.9 Å². The van der Waals surface area contributed by atoms with E-state index in [2.05, 4.69) is 30.2 Å². The normalized spacial score (nSPS) is 17.0. The van der Waals surface area contributed by atoms with Gasteiger partial charge in [0.15, 0.2) is 0 Å². The number of piperidine rings is 1. The van der Waals surface area contributed by atoms with E-state index in [9.17, 15) is 13.2 Å². The molecular formula is C19H26N6O3S. The highest BCUT2D eigenvalue weighted by atomic mass is 32.2. The second kappa shape index (κ2) is 9.66. The maximum Gasteiger partial charge on any atom is 0.315 e. The maximum absolute atomic E-state index is 12.3.